The number of rotatable bonds is 3. The van der Waals surface area contributed by atoms with Crippen LogP contribution in [0.2, 0.25) is 10.3 Å². The summed E-state index contributed by atoms with van der Waals surface area (Å²) in [7, 11) is 0. The van der Waals surface area contributed by atoms with E-state index >= 15 is 0 Å². The number of hydrogen-bond acceptors (Lipinski definition) is 1. The van der Waals surface area contributed by atoms with Crippen LogP contribution in [-0.2, 0) is 6.54 Å². The van der Waals surface area contributed by atoms with Crippen LogP contribution in [0.15, 0.2) is 18.2 Å². The molecule has 80 valence electrons. The van der Waals surface area contributed by atoms with E-state index in [1.165, 1.54) is 0 Å². The number of halogens is 2. The minimum absolute atomic E-state index is 0.542. The zero-order chi connectivity index (χ0) is 10.8. The molecule has 1 aromatic carbocycles. The Balaban J connectivity index is 2.48. The lowest BCUT2D eigenvalue weighted by molar-refractivity contribution is 0.646. The highest BCUT2D eigenvalue weighted by molar-refractivity contribution is 6.31. The topological polar surface area (TPSA) is 17.8 Å². The normalized spacial score (nSPS) is 11.1. The lowest BCUT2D eigenvalue weighted by atomic mass is 10.3. The molecule has 0 aliphatic heterocycles. The molecule has 0 fully saturated rings. The van der Waals surface area contributed by atoms with Gasteiger partial charge in [0.25, 0.3) is 0 Å². The zero-order valence-corrected chi connectivity index (χ0v) is 10.0. The second kappa shape index (κ2) is 4.42. The number of imidazole rings is 1. The van der Waals surface area contributed by atoms with Crippen molar-refractivity contribution in [2.75, 3.05) is 0 Å². The van der Waals surface area contributed by atoms with Crippen molar-refractivity contribution in [2.24, 2.45) is 0 Å². The van der Waals surface area contributed by atoms with E-state index in [2.05, 4.69) is 11.9 Å². The summed E-state index contributed by atoms with van der Waals surface area (Å²) in [5, 5.41) is 1.24. The van der Waals surface area contributed by atoms with E-state index in [9.17, 15) is 0 Å². The fourth-order valence-electron chi connectivity index (χ4n) is 1.60. The third kappa shape index (κ3) is 2.11. The first kappa shape index (κ1) is 10.8. The molecule has 1 heterocycles. The Morgan fingerprint density at radius 1 is 1.33 bits per heavy atom. The molecule has 1 aromatic heterocycles. The Labute approximate surface area is 98.8 Å². The van der Waals surface area contributed by atoms with Crippen molar-refractivity contribution < 1.29 is 0 Å². The molecule has 0 atom stereocenters. The van der Waals surface area contributed by atoms with Gasteiger partial charge in [0.15, 0.2) is 0 Å². The number of aromatic nitrogens is 2. The van der Waals surface area contributed by atoms with Crippen molar-refractivity contribution in [1.29, 1.82) is 0 Å². The maximum absolute atomic E-state index is 6.06. The van der Waals surface area contributed by atoms with Crippen molar-refractivity contribution in [3.8, 4) is 0 Å². The second-order valence-electron chi connectivity index (χ2n) is 3.52. The van der Waals surface area contributed by atoms with Crippen molar-refractivity contribution in [1.82, 2.24) is 9.55 Å². The predicted octanol–water partition coefficient (Wildman–Crippen LogP) is 4.14. The van der Waals surface area contributed by atoms with Gasteiger partial charge in [-0.05, 0) is 36.2 Å². The molecule has 2 nitrogen and oxygen atoms in total. The summed E-state index contributed by atoms with van der Waals surface area (Å²) >= 11 is 12.0. The zero-order valence-electron chi connectivity index (χ0n) is 8.50. The minimum atomic E-state index is 0.542. The number of nitrogens with zero attached hydrogens (tertiary/aromatic N) is 2. The van der Waals surface area contributed by atoms with E-state index in [-0.39, 0.29) is 0 Å². The minimum Gasteiger partial charge on any atom is -0.315 e. The molecule has 0 spiro atoms. The number of aryl methyl sites for hydroxylation is 1. The fourth-order valence-corrected chi connectivity index (χ4v) is 2.04. The molecule has 0 N–H and O–H groups in total. The molecule has 15 heavy (non-hydrogen) atoms. The van der Waals surface area contributed by atoms with Crippen LogP contribution in [0.4, 0.5) is 0 Å². The summed E-state index contributed by atoms with van der Waals surface area (Å²) in [6, 6.07) is 5.67. The first-order valence-electron chi connectivity index (χ1n) is 5.03. The van der Waals surface area contributed by atoms with Crippen LogP contribution in [0.5, 0.6) is 0 Å². The lowest BCUT2D eigenvalue weighted by Crippen LogP contribution is -1.97. The predicted molar refractivity (Wildman–Crippen MR) is 64.7 cm³/mol. The van der Waals surface area contributed by atoms with Gasteiger partial charge in [-0.15, -0.1) is 0 Å². The summed E-state index contributed by atoms with van der Waals surface area (Å²) in [6.07, 6.45) is 2.25. The Morgan fingerprint density at radius 2 is 2.13 bits per heavy atom. The summed E-state index contributed by atoms with van der Waals surface area (Å²) in [6.45, 7) is 3.07. The Morgan fingerprint density at radius 3 is 2.87 bits per heavy atom. The van der Waals surface area contributed by atoms with Crippen molar-refractivity contribution in [3.63, 3.8) is 0 Å². The highest BCUT2D eigenvalue weighted by Gasteiger charge is 2.08. The highest BCUT2D eigenvalue weighted by Crippen LogP contribution is 2.23. The van der Waals surface area contributed by atoms with Crippen LogP contribution in [-0.4, -0.2) is 9.55 Å². The van der Waals surface area contributed by atoms with E-state index in [1.54, 1.807) is 0 Å². The molecule has 0 aliphatic rings. The average molecular weight is 243 g/mol. The fraction of sp³-hybridized carbons (Fsp3) is 0.364. The van der Waals surface area contributed by atoms with Crippen molar-refractivity contribution in [3.05, 3.63) is 28.5 Å². The summed E-state index contributed by atoms with van der Waals surface area (Å²) in [5.74, 6) is 0. The van der Waals surface area contributed by atoms with E-state index < -0.39 is 0 Å². The Kier molecular flexibility index (Phi) is 3.17. The van der Waals surface area contributed by atoms with Gasteiger partial charge in [-0.25, -0.2) is 4.98 Å². The molecule has 0 aliphatic carbocycles. The SMILES string of the molecule is CCCCn1c(Cl)nc2cc(Cl)ccc21. The van der Waals surface area contributed by atoms with Gasteiger partial charge >= 0.3 is 0 Å². The molecule has 0 unspecified atom stereocenters. The summed E-state index contributed by atoms with van der Waals surface area (Å²) in [5.41, 5.74) is 1.92. The van der Waals surface area contributed by atoms with Crippen LogP contribution < -0.4 is 0 Å². The number of hydrogen-bond donors (Lipinski definition) is 0. The van der Waals surface area contributed by atoms with E-state index in [1.807, 2.05) is 22.8 Å². The van der Waals surface area contributed by atoms with Gasteiger partial charge < -0.3 is 4.57 Å². The largest absolute Gasteiger partial charge is 0.315 e. The molecule has 0 amide bonds. The standard InChI is InChI=1S/C11H12Cl2N2/c1-2-3-6-15-10-5-4-8(12)7-9(10)14-11(15)13/h4-5,7H,2-3,6H2,1H3. The number of fused-ring (bicyclic) bond motifs is 1. The second-order valence-corrected chi connectivity index (χ2v) is 4.29. The molecule has 0 radical (unpaired) electrons. The van der Waals surface area contributed by atoms with Gasteiger partial charge in [0, 0.05) is 11.6 Å². The average Bonchev–Trinajstić information content (AvgIpc) is 2.50. The van der Waals surface area contributed by atoms with Gasteiger partial charge in [-0.3, -0.25) is 0 Å². The third-order valence-corrected chi connectivity index (χ3v) is 2.92. The summed E-state index contributed by atoms with van der Waals surface area (Å²) in [4.78, 5) is 4.27. The van der Waals surface area contributed by atoms with Crippen LogP contribution in [0.1, 0.15) is 19.8 Å². The number of benzene rings is 1. The molecule has 0 saturated heterocycles. The Bertz CT molecular complexity index is 477. The van der Waals surface area contributed by atoms with Crippen LogP contribution in [0, 0.1) is 0 Å². The van der Waals surface area contributed by atoms with E-state index in [0.29, 0.717) is 10.3 Å². The van der Waals surface area contributed by atoms with Gasteiger partial charge in [0.05, 0.1) is 11.0 Å². The summed E-state index contributed by atoms with van der Waals surface area (Å²) < 4.78 is 2.02. The van der Waals surface area contributed by atoms with Gasteiger partial charge in [-0.1, -0.05) is 24.9 Å². The van der Waals surface area contributed by atoms with E-state index in [0.717, 1.165) is 30.4 Å². The quantitative estimate of drug-likeness (QED) is 0.791. The van der Waals surface area contributed by atoms with Gasteiger partial charge in [0.1, 0.15) is 0 Å². The molecular weight excluding hydrogens is 231 g/mol. The first-order valence-corrected chi connectivity index (χ1v) is 5.79. The highest BCUT2D eigenvalue weighted by atomic mass is 35.5. The number of unbranched alkanes of at least 4 members (excludes halogenated alkanes) is 1. The maximum Gasteiger partial charge on any atom is 0.203 e. The molecule has 4 heteroatoms. The van der Waals surface area contributed by atoms with Crippen molar-refractivity contribution >= 4 is 34.2 Å². The monoisotopic (exact) mass is 242 g/mol. The van der Waals surface area contributed by atoms with Gasteiger partial charge in [-0.2, -0.15) is 0 Å². The van der Waals surface area contributed by atoms with Crippen LogP contribution in [0.25, 0.3) is 11.0 Å². The Hall–Kier alpha value is -0.730. The maximum atomic E-state index is 6.06. The third-order valence-electron chi connectivity index (χ3n) is 2.40. The lowest BCUT2D eigenvalue weighted by Gasteiger charge is -2.03. The molecule has 2 aromatic rings. The van der Waals surface area contributed by atoms with Gasteiger partial charge in [0.2, 0.25) is 5.28 Å². The molecule has 0 saturated carbocycles. The first-order chi connectivity index (χ1) is 7.22. The molecular formula is C11H12Cl2N2. The molecule has 2 rings (SSSR count). The van der Waals surface area contributed by atoms with Crippen molar-refractivity contribution in [2.45, 2.75) is 26.3 Å². The van der Waals surface area contributed by atoms with Crippen LogP contribution >= 0.6 is 23.2 Å². The molecule has 0 bridgehead atoms. The van der Waals surface area contributed by atoms with Crippen LogP contribution in [0.3, 0.4) is 0 Å². The smallest absolute Gasteiger partial charge is 0.203 e. The van der Waals surface area contributed by atoms with E-state index in [4.69, 9.17) is 23.2 Å².